The zero-order valence-electron chi connectivity index (χ0n) is 17.6. The van der Waals surface area contributed by atoms with Crippen molar-refractivity contribution in [2.45, 2.75) is 19.9 Å². The minimum Gasteiger partial charge on any atom is -0.494 e. The molecular formula is C22H21N5O4S. The van der Waals surface area contributed by atoms with E-state index >= 15 is 0 Å². The van der Waals surface area contributed by atoms with Crippen LogP contribution in [0.2, 0.25) is 0 Å². The molecule has 0 saturated heterocycles. The Hall–Kier alpha value is -3.79. The van der Waals surface area contributed by atoms with Gasteiger partial charge in [-0.05, 0) is 31.0 Å². The predicted molar refractivity (Wildman–Crippen MR) is 123 cm³/mol. The van der Waals surface area contributed by atoms with E-state index in [9.17, 15) is 14.9 Å². The first-order chi connectivity index (χ1) is 15.5. The van der Waals surface area contributed by atoms with Crippen LogP contribution in [-0.4, -0.2) is 39.0 Å². The van der Waals surface area contributed by atoms with Gasteiger partial charge in [0.1, 0.15) is 11.3 Å². The molecule has 0 aliphatic heterocycles. The third-order valence-corrected chi connectivity index (χ3v) is 6.26. The maximum absolute atomic E-state index is 13.4. The number of thiazole rings is 1. The first kappa shape index (κ1) is 21.4. The number of nitrogens with zero attached hydrogens (tertiary/aromatic N) is 5. The van der Waals surface area contributed by atoms with E-state index in [0.717, 1.165) is 10.3 Å². The number of imidazole rings is 1. The van der Waals surface area contributed by atoms with Crippen LogP contribution in [0.3, 0.4) is 0 Å². The van der Waals surface area contributed by atoms with Crippen LogP contribution in [0.1, 0.15) is 22.3 Å². The molecule has 0 saturated carbocycles. The molecule has 0 aliphatic carbocycles. The van der Waals surface area contributed by atoms with E-state index in [1.807, 2.05) is 29.8 Å². The van der Waals surface area contributed by atoms with Gasteiger partial charge in [0.05, 0.1) is 23.1 Å². The third kappa shape index (κ3) is 4.30. The topological polar surface area (TPSA) is 103 Å². The van der Waals surface area contributed by atoms with E-state index in [4.69, 9.17) is 9.72 Å². The highest BCUT2D eigenvalue weighted by Crippen LogP contribution is 2.37. The lowest BCUT2D eigenvalue weighted by Gasteiger charge is -2.20. The number of anilines is 1. The van der Waals surface area contributed by atoms with Crippen molar-refractivity contribution < 1.29 is 14.5 Å². The summed E-state index contributed by atoms with van der Waals surface area (Å²) in [7, 11) is 1.58. The van der Waals surface area contributed by atoms with Crippen molar-refractivity contribution in [3.8, 4) is 5.75 Å². The normalized spacial score (nSPS) is 10.9. The SMILES string of the molecule is COc1ccc(C)c2sc(N(CCCn3ccnc3)C(=O)c3cccc([N+](=O)[O-])c3)nc12. The summed E-state index contributed by atoms with van der Waals surface area (Å²) in [6, 6.07) is 9.57. The molecule has 164 valence electrons. The number of carbonyl (C=O) groups excluding carboxylic acids is 1. The van der Waals surface area contributed by atoms with Crippen molar-refractivity contribution in [3.05, 3.63) is 76.4 Å². The van der Waals surface area contributed by atoms with Crippen LogP contribution < -0.4 is 9.64 Å². The first-order valence-corrected chi connectivity index (χ1v) is 10.8. The number of non-ortho nitro benzene ring substituents is 1. The molecule has 0 N–H and O–H groups in total. The molecule has 2 heterocycles. The average Bonchev–Trinajstić information content (AvgIpc) is 3.47. The molecule has 10 heteroatoms. The fourth-order valence-electron chi connectivity index (χ4n) is 3.40. The Kier molecular flexibility index (Phi) is 6.13. The molecule has 0 fully saturated rings. The lowest BCUT2D eigenvalue weighted by Crippen LogP contribution is -2.32. The summed E-state index contributed by atoms with van der Waals surface area (Å²) >= 11 is 1.40. The number of hydrogen-bond donors (Lipinski definition) is 0. The van der Waals surface area contributed by atoms with E-state index in [1.165, 1.54) is 29.5 Å². The molecular weight excluding hydrogens is 430 g/mol. The Labute approximate surface area is 188 Å². The minimum atomic E-state index is -0.508. The van der Waals surface area contributed by atoms with E-state index < -0.39 is 4.92 Å². The van der Waals surface area contributed by atoms with Gasteiger partial charge in [-0.1, -0.05) is 23.5 Å². The van der Waals surface area contributed by atoms with Gasteiger partial charge >= 0.3 is 0 Å². The molecule has 0 bridgehead atoms. The summed E-state index contributed by atoms with van der Waals surface area (Å²) in [6.07, 6.45) is 5.94. The van der Waals surface area contributed by atoms with Crippen molar-refractivity contribution >= 4 is 38.3 Å². The largest absolute Gasteiger partial charge is 0.494 e. The van der Waals surface area contributed by atoms with Crippen LogP contribution in [0.4, 0.5) is 10.8 Å². The molecule has 0 atom stereocenters. The monoisotopic (exact) mass is 451 g/mol. The predicted octanol–water partition coefficient (Wildman–Crippen LogP) is 4.46. The molecule has 0 aliphatic rings. The second kappa shape index (κ2) is 9.15. The van der Waals surface area contributed by atoms with Crippen molar-refractivity contribution in [3.63, 3.8) is 0 Å². The molecule has 1 amide bonds. The van der Waals surface area contributed by atoms with E-state index in [2.05, 4.69) is 4.98 Å². The van der Waals surface area contributed by atoms with Gasteiger partial charge in [-0.3, -0.25) is 19.8 Å². The van der Waals surface area contributed by atoms with Gasteiger partial charge in [-0.15, -0.1) is 0 Å². The van der Waals surface area contributed by atoms with E-state index in [-0.39, 0.29) is 17.2 Å². The number of fused-ring (bicyclic) bond motifs is 1. The lowest BCUT2D eigenvalue weighted by molar-refractivity contribution is -0.384. The fourth-order valence-corrected chi connectivity index (χ4v) is 4.48. The number of methoxy groups -OCH3 is 1. The van der Waals surface area contributed by atoms with Crippen molar-refractivity contribution in [1.29, 1.82) is 0 Å². The third-order valence-electron chi connectivity index (χ3n) is 5.05. The lowest BCUT2D eigenvalue weighted by atomic mass is 10.1. The number of carbonyl (C=O) groups is 1. The number of rotatable bonds is 8. The maximum Gasteiger partial charge on any atom is 0.270 e. The molecule has 2 aromatic carbocycles. The highest BCUT2D eigenvalue weighted by atomic mass is 32.1. The number of amides is 1. The van der Waals surface area contributed by atoms with Crippen molar-refractivity contribution in [2.24, 2.45) is 0 Å². The van der Waals surface area contributed by atoms with Gasteiger partial charge < -0.3 is 9.30 Å². The van der Waals surface area contributed by atoms with Gasteiger partial charge in [0, 0.05) is 43.2 Å². The van der Waals surface area contributed by atoms with Crippen molar-refractivity contribution in [2.75, 3.05) is 18.6 Å². The van der Waals surface area contributed by atoms with E-state index in [1.54, 1.807) is 30.6 Å². The van der Waals surface area contributed by atoms with Gasteiger partial charge in [-0.2, -0.15) is 0 Å². The Morgan fingerprint density at radius 2 is 2.16 bits per heavy atom. The summed E-state index contributed by atoms with van der Waals surface area (Å²) < 4.78 is 8.32. The molecule has 2 aromatic heterocycles. The molecule has 0 spiro atoms. The molecule has 0 radical (unpaired) electrons. The van der Waals surface area contributed by atoms with Crippen molar-refractivity contribution in [1.82, 2.24) is 14.5 Å². The molecule has 4 rings (SSSR count). The maximum atomic E-state index is 13.4. The summed E-state index contributed by atoms with van der Waals surface area (Å²) in [5.74, 6) is 0.296. The quantitative estimate of drug-likeness (QED) is 0.289. The first-order valence-electron chi connectivity index (χ1n) is 9.94. The summed E-state index contributed by atoms with van der Waals surface area (Å²) in [5.41, 5.74) is 1.84. The highest BCUT2D eigenvalue weighted by Gasteiger charge is 2.24. The van der Waals surface area contributed by atoms with Gasteiger partial charge in [0.15, 0.2) is 5.13 Å². The number of aromatic nitrogens is 3. The Morgan fingerprint density at radius 1 is 1.31 bits per heavy atom. The van der Waals surface area contributed by atoms with Crippen LogP contribution in [-0.2, 0) is 6.54 Å². The second-order valence-corrected chi connectivity index (χ2v) is 8.15. The summed E-state index contributed by atoms with van der Waals surface area (Å²) in [4.78, 5) is 34.5. The van der Waals surface area contributed by atoms with Gasteiger partial charge in [0.25, 0.3) is 11.6 Å². The summed E-state index contributed by atoms with van der Waals surface area (Å²) in [6.45, 7) is 3.04. The second-order valence-electron chi connectivity index (χ2n) is 7.18. The number of benzene rings is 2. The number of hydrogen-bond acceptors (Lipinski definition) is 7. The van der Waals surface area contributed by atoms with Crippen LogP contribution in [0.25, 0.3) is 10.2 Å². The molecule has 0 unspecified atom stereocenters. The zero-order chi connectivity index (χ0) is 22.7. The Bertz CT molecular complexity index is 1270. The summed E-state index contributed by atoms with van der Waals surface area (Å²) in [5, 5.41) is 11.7. The number of ether oxygens (including phenoxy) is 1. The Morgan fingerprint density at radius 3 is 2.88 bits per heavy atom. The smallest absolute Gasteiger partial charge is 0.270 e. The molecule has 4 aromatic rings. The van der Waals surface area contributed by atoms with Crippen LogP contribution in [0.15, 0.2) is 55.1 Å². The minimum absolute atomic E-state index is 0.129. The van der Waals surface area contributed by atoms with E-state index in [0.29, 0.717) is 35.9 Å². The Balaban J connectivity index is 1.71. The molecule has 9 nitrogen and oxygen atoms in total. The zero-order valence-corrected chi connectivity index (χ0v) is 18.4. The highest BCUT2D eigenvalue weighted by molar-refractivity contribution is 7.22. The van der Waals surface area contributed by atoms with Crippen LogP contribution in [0.5, 0.6) is 5.75 Å². The number of aryl methyl sites for hydroxylation is 2. The van der Waals surface area contributed by atoms with Crippen LogP contribution >= 0.6 is 11.3 Å². The fraction of sp³-hybridized carbons (Fsp3) is 0.227. The van der Waals surface area contributed by atoms with Crippen LogP contribution in [0, 0.1) is 17.0 Å². The average molecular weight is 452 g/mol. The molecule has 32 heavy (non-hydrogen) atoms. The van der Waals surface area contributed by atoms with Gasteiger partial charge in [0.2, 0.25) is 0 Å². The standard InChI is InChI=1S/C22H21N5O4S/c1-15-7-8-18(31-2)19-20(15)32-22(24-19)26(11-4-10-25-12-9-23-14-25)21(28)16-5-3-6-17(13-16)27(29)30/h3,5-9,12-14H,4,10-11H2,1-2H3. The van der Waals surface area contributed by atoms with Gasteiger partial charge in [-0.25, -0.2) is 9.97 Å². The number of nitro groups is 1. The number of nitro benzene ring substituents is 1.